The third-order valence-electron chi connectivity index (χ3n) is 2.25. The van der Waals surface area contributed by atoms with E-state index in [2.05, 4.69) is 0 Å². The van der Waals surface area contributed by atoms with Crippen molar-refractivity contribution in [2.75, 3.05) is 0 Å². The van der Waals surface area contributed by atoms with Crippen LogP contribution in [-0.2, 0) is 4.79 Å². The van der Waals surface area contributed by atoms with E-state index in [1.807, 2.05) is 0 Å². The molecule has 0 atom stereocenters. The molecule has 0 saturated heterocycles. The van der Waals surface area contributed by atoms with Gasteiger partial charge in [0.15, 0.2) is 5.78 Å². The van der Waals surface area contributed by atoms with Gasteiger partial charge in [-0.3, -0.25) is 9.59 Å². The predicted octanol–water partition coefficient (Wildman–Crippen LogP) is 2.02. The fourth-order valence-electron chi connectivity index (χ4n) is 1.52. The van der Waals surface area contributed by atoms with Crippen molar-refractivity contribution in [1.82, 2.24) is 0 Å². The third-order valence-corrected chi connectivity index (χ3v) is 2.25. The molecular formula is C11H5F3InO2+3. The summed E-state index contributed by atoms with van der Waals surface area (Å²) in [6.45, 7) is 0. The Bertz CT molecular complexity index is 518. The first kappa shape index (κ1) is 14.0. The first-order chi connectivity index (χ1) is 7.41. The second kappa shape index (κ2) is 4.68. The Morgan fingerprint density at radius 3 is 2.24 bits per heavy atom. The standard InChI is InChI=1S/C11H5F3O2.In/c12-11(13,14)10(16)8-5-6-3-1-2-4-7(6)9(8)15;/h1-5H;/q;+3. The molecule has 82 valence electrons. The zero-order chi connectivity index (χ0) is 11.9. The average Bonchev–Trinajstić information content (AvgIpc) is 2.54. The molecule has 0 saturated carbocycles. The first-order valence-corrected chi connectivity index (χ1v) is 4.38. The van der Waals surface area contributed by atoms with Crippen LogP contribution in [0.1, 0.15) is 15.9 Å². The third kappa shape index (κ3) is 2.46. The van der Waals surface area contributed by atoms with Crippen molar-refractivity contribution in [3.8, 4) is 0 Å². The van der Waals surface area contributed by atoms with E-state index in [9.17, 15) is 22.8 Å². The Hall–Kier alpha value is -1.04. The molecule has 2 rings (SSSR count). The molecule has 2 nitrogen and oxygen atoms in total. The van der Waals surface area contributed by atoms with Gasteiger partial charge in [-0.05, 0) is 11.6 Å². The van der Waals surface area contributed by atoms with Gasteiger partial charge in [0.1, 0.15) is 0 Å². The number of carbonyl (C=O) groups excluding carboxylic acids is 2. The van der Waals surface area contributed by atoms with E-state index in [0.717, 1.165) is 6.08 Å². The van der Waals surface area contributed by atoms with Crippen LogP contribution in [0.4, 0.5) is 13.2 Å². The van der Waals surface area contributed by atoms with Crippen molar-refractivity contribution in [3.05, 3.63) is 41.0 Å². The van der Waals surface area contributed by atoms with E-state index >= 15 is 0 Å². The van der Waals surface area contributed by atoms with Crippen LogP contribution in [-0.4, -0.2) is 43.6 Å². The molecule has 0 amide bonds. The maximum atomic E-state index is 12.2. The molecule has 1 aromatic rings. The van der Waals surface area contributed by atoms with Crippen molar-refractivity contribution < 1.29 is 22.8 Å². The normalized spacial score (nSPS) is 13.8. The van der Waals surface area contributed by atoms with Crippen LogP contribution in [0.5, 0.6) is 0 Å². The predicted molar refractivity (Wildman–Crippen MR) is 55.6 cm³/mol. The molecule has 0 spiro atoms. The van der Waals surface area contributed by atoms with Crippen LogP contribution >= 0.6 is 0 Å². The van der Waals surface area contributed by atoms with Crippen LogP contribution in [0.3, 0.4) is 0 Å². The quantitative estimate of drug-likeness (QED) is 0.733. The Labute approximate surface area is 113 Å². The molecule has 0 fully saturated rings. The van der Waals surface area contributed by atoms with Gasteiger partial charge in [-0.15, -0.1) is 0 Å². The molecule has 17 heavy (non-hydrogen) atoms. The van der Waals surface area contributed by atoms with Gasteiger partial charge in [0, 0.05) is 5.56 Å². The summed E-state index contributed by atoms with van der Waals surface area (Å²) < 4.78 is 36.5. The Balaban J connectivity index is 0.00000144. The van der Waals surface area contributed by atoms with E-state index in [1.165, 1.54) is 18.2 Å². The molecule has 0 unspecified atom stereocenters. The molecule has 1 aliphatic rings. The van der Waals surface area contributed by atoms with Crippen molar-refractivity contribution in [1.29, 1.82) is 0 Å². The molecule has 6 heteroatoms. The molecule has 1 aromatic carbocycles. The molecule has 0 aliphatic heterocycles. The van der Waals surface area contributed by atoms with E-state index in [1.54, 1.807) is 6.07 Å². The minimum absolute atomic E-state index is 0. The number of ketones is 2. The summed E-state index contributed by atoms with van der Waals surface area (Å²) in [6, 6.07) is 6.00. The Morgan fingerprint density at radius 2 is 1.71 bits per heavy atom. The number of alkyl halides is 3. The second-order valence-corrected chi connectivity index (χ2v) is 3.30. The van der Waals surface area contributed by atoms with Gasteiger partial charge < -0.3 is 0 Å². The Morgan fingerprint density at radius 1 is 1.12 bits per heavy atom. The second-order valence-electron chi connectivity index (χ2n) is 3.30. The van der Waals surface area contributed by atoms with E-state index in [0.29, 0.717) is 5.56 Å². The largest absolute Gasteiger partial charge is 3.00 e. The molecule has 0 aromatic heterocycles. The Kier molecular flexibility index (Phi) is 3.86. The monoisotopic (exact) mass is 341 g/mol. The summed E-state index contributed by atoms with van der Waals surface area (Å²) >= 11 is 0. The zero-order valence-electron chi connectivity index (χ0n) is 8.41. The van der Waals surface area contributed by atoms with Gasteiger partial charge in [0.25, 0.3) is 5.78 Å². The van der Waals surface area contributed by atoms with Crippen molar-refractivity contribution in [2.45, 2.75) is 6.18 Å². The van der Waals surface area contributed by atoms with E-state index in [-0.39, 0.29) is 31.4 Å². The van der Waals surface area contributed by atoms with Crippen LogP contribution in [0.2, 0.25) is 0 Å². The summed E-state index contributed by atoms with van der Waals surface area (Å²) in [4.78, 5) is 22.4. The van der Waals surface area contributed by atoms with Crippen molar-refractivity contribution >= 4 is 43.5 Å². The molecule has 0 N–H and O–H groups in total. The van der Waals surface area contributed by atoms with Gasteiger partial charge >= 0.3 is 32.0 Å². The van der Waals surface area contributed by atoms with Crippen LogP contribution in [0.15, 0.2) is 29.8 Å². The van der Waals surface area contributed by atoms with Crippen LogP contribution < -0.4 is 0 Å². The summed E-state index contributed by atoms with van der Waals surface area (Å²) in [5.41, 5.74) is -0.330. The van der Waals surface area contributed by atoms with Crippen molar-refractivity contribution in [2.24, 2.45) is 0 Å². The summed E-state index contributed by atoms with van der Waals surface area (Å²) in [6.07, 6.45) is -4.03. The number of benzene rings is 1. The van der Waals surface area contributed by atoms with Gasteiger partial charge in [0.05, 0.1) is 5.57 Å². The number of hydrogen-bond donors (Lipinski definition) is 0. The first-order valence-electron chi connectivity index (χ1n) is 4.38. The van der Waals surface area contributed by atoms with Gasteiger partial charge in [-0.1, -0.05) is 24.3 Å². The molecule has 0 heterocycles. The minimum Gasteiger partial charge on any atom is -0.288 e. The number of Topliss-reactive ketones (excluding diaryl/α,β-unsaturated/α-hetero) is 2. The number of halogens is 3. The van der Waals surface area contributed by atoms with Crippen LogP contribution in [0.25, 0.3) is 6.08 Å². The molecule has 1 aliphatic carbocycles. The van der Waals surface area contributed by atoms with Gasteiger partial charge in [-0.2, -0.15) is 13.2 Å². The maximum absolute atomic E-state index is 12.2. The summed E-state index contributed by atoms with van der Waals surface area (Å²) in [7, 11) is 0. The average molecular weight is 341 g/mol. The zero-order valence-corrected chi connectivity index (χ0v) is 11.7. The number of rotatable bonds is 1. The van der Waals surface area contributed by atoms with E-state index in [4.69, 9.17) is 0 Å². The number of allylic oxidation sites excluding steroid dienone is 1. The SMILES string of the molecule is O=C1C(C(=O)C(F)(F)F)=Cc2ccccc21.[In+3]. The summed E-state index contributed by atoms with van der Waals surface area (Å²) in [5, 5.41) is 0. The fourth-order valence-corrected chi connectivity index (χ4v) is 1.52. The van der Waals surface area contributed by atoms with E-state index < -0.39 is 23.3 Å². The smallest absolute Gasteiger partial charge is 0.288 e. The molecule has 0 bridgehead atoms. The van der Waals surface area contributed by atoms with Crippen molar-refractivity contribution in [3.63, 3.8) is 0 Å². The fraction of sp³-hybridized carbons (Fsp3) is 0.0909. The number of hydrogen-bond acceptors (Lipinski definition) is 2. The minimum atomic E-state index is -5.01. The summed E-state index contributed by atoms with van der Waals surface area (Å²) in [5.74, 6) is -2.95. The van der Waals surface area contributed by atoms with Gasteiger partial charge in [0.2, 0.25) is 0 Å². The van der Waals surface area contributed by atoms with Crippen LogP contribution in [0, 0.1) is 0 Å². The van der Waals surface area contributed by atoms with Gasteiger partial charge in [-0.25, -0.2) is 0 Å². The number of carbonyl (C=O) groups is 2. The number of fused-ring (bicyclic) bond motifs is 1. The molecular weight excluding hydrogens is 336 g/mol. The topological polar surface area (TPSA) is 34.1 Å². The maximum Gasteiger partial charge on any atom is 3.00 e. The molecule has 0 radical (unpaired) electrons.